The Morgan fingerprint density at radius 1 is 0.667 bits per heavy atom. The van der Waals surface area contributed by atoms with E-state index in [1.54, 1.807) is 0 Å². The van der Waals surface area contributed by atoms with Crippen LogP contribution in [-0.2, 0) is 0 Å². The first kappa shape index (κ1) is 17.3. The molecule has 4 rings (SSSR count). The largest absolute Gasteiger partial charge is 0.327 e. The first-order valence-electron chi connectivity index (χ1n) is 10.8. The maximum atomic E-state index is 6.54. The summed E-state index contributed by atoms with van der Waals surface area (Å²) in [4.78, 5) is 3.02. The third-order valence-electron chi connectivity index (χ3n) is 8.29. The molecule has 0 aromatic carbocycles. The highest BCUT2D eigenvalue weighted by Gasteiger charge is 2.50. The summed E-state index contributed by atoms with van der Waals surface area (Å²) < 4.78 is 0. The molecular weight excluding hydrogens is 294 g/mol. The minimum Gasteiger partial charge on any atom is -0.327 e. The highest BCUT2D eigenvalue weighted by atomic mass is 15.2. The van der Waals surface area contributed by atoms with Crippen LogP contribution in [0.2, 0.25) is 0 Å². The number of nitrogens with two attached hydrogens (primary N) is 2. The van der Waals surface area contributed by atoms with Gasteiger partial charge in [0.05, 0.1) is 0 Å². The Balaban J connectivity index is 1.61. The minimum absolute atomic E-state index is 0.407. The number of hydrogen-bond donors (Lipinski definition) is 2. The van der Waals surface area contributed by atoms with E-state index in [4.69, 9.17) is 11.5 Å². The predicted molar refractivity (Wildman–Crippen MR) is 101 cm³/mol. The molecule has 4 fully saturated rings. The Bertz CT molecular complexity index is 403. The first-order valence-corrected chi connectivity index (χ1v) is 10.8. The van der Waals surface area contributed by atoms with Crippen molar-refractivity contribution in [3.05, 3.63) is 0 Å². The highest BCUT2D eigenvalue weighted by Crippen LogP contribution is 2.49. The van der Waals surface area contributed by atoms with E-state index in [9.17, 15) is 0 Å². The molecular formula is C21H39N3. The Hall–Kier alpha value is -0.120. The summed E-state index contributed by atoms with van der Waals surface area (Å²) in [5.41, 5.74) is 13.1. The average Bonchev–Trinajstić information content (AvgIpc) is 2.57. The smallest absolute Gasteiger partial charge is 0.0145 e. The van der Waals surface area contributed by atoms with Gasteiger partial charge < -0.3 is 11.5 Å². The molecule has 0 aromatic rings. The van der Waals surface area contributed by atoms with Crippen molar-refractivity contribution in [1.82, 2.24) is 4.90 Å². The quantitative estimate of drug-likeness (QED) is 0.772. The van der Waals surface area contributed by atoms with Crippen molar-refractivity contribution < 1.29 is 0 Å². The first-order chi connectivity index (χ1) is 11.5. The summed E-state index contributed by atoms with van der Waals surface area (Å²) in [7, 11) is 0. The van der Waals surface area contributed by atoms with Crippen molar-refractivity contribution >= 4 is 0 Å². The molecule has 0 aromatic heterocycles. The topological polar surface area (TPSA) is 55.3 Å². The summed E-state index contributed by atoms with van der Waals surface area (Å²) in [6.45, 7) is 4.77. The van der Waals surface area contributed by atoms with Gasteiger partial charge >= 0.3 is 0 Å². The van der Waals surface area contributed by atoms with Crippen molar-refractivity contribution in [3.63, 3.8) is 0 Å². The molecule has 138 valence electrons. The molecule has 8 unspecified atom stereocenters. The lowest BCUT2D eigenvalue weighted by Gasteiger charge is -2.59. The Labute approximate surface area is 148 Å². The van der Waals surface area contributed by atoms with Crippen LogP contribution in [-0.4, -0.2) is 35.1 Å². The van der Waals surface area contributed by atoms with Crippen LogP contribution < -0.4 is 11.5 Å². The molecule has 4 aliphatic rings. The zero-order chi connectivity index (χ0) is 16.8. The fraction of sp³-hybridized carbons (Fsp3) is 1.00. The molecule has 0 spiro atoms. The third kappa shape index (κ3) is 3.05. The lowest BCUT2D eigenvalue weighted by atomic mass is 9.62. The van der Waals surface area contributed by atoms with Gasteiger partial charge in [-0.05, 0) is 68.6 Å². The monoisotopic (exact) mass is 333 g/mol. The molecule has 3 aliphatic carbocycles. The number of hydrogen-bond acceptors (Lipinski definition) is 3. The van der Waals surface area contributed by atoms with E-state index in [2.05, 4.69) is 18.7 Å². The number of nitrogens with zero attached hydrogens (tertiary/aromatic N) is 1. The SMILES string of the molecule is CC1CC2CC3CC(C)C(N)CC3N(C3CCCCC3)C2CC1N. The molecule has 1 aliphatic heterocycles. The number of likely N-dealkylation sites (tertiary alicyclic amines) is 1. The van der Waals surface area contributed by atoms with Gasteiger partial charge in [0.25, 0.3) is 0 Å². The van der Waals surface area contributed by atoms with Gasteiger partial charge in [0, 0.05) is 30.2 Å². The van der Waals surface area contributed by atoms with Crippen LogP contribution >= 0.6 is 0 Å². The van der Waals surface area contributed by atoms with Gasteiger partial charge in [-0.15, -0.1) is 0 Å². The van der Waals surface area contributed by atoms with Crippen LogP contribution in [0.1, 0.15) is 78.1 Å². The van der Waals surface area contributed by atoms with Crippen molar-refractivity contribution in [2.75, 3.05) is 0 Å². The van der Waals surface area contributed by atoms with Crippen LogP contribution in [0, 0.1) is 23.7 Å². The second-order valence-electron chi connectivity index (χ2n) is 9.85. The molecule has 3 heteroatoms. The summed E-state index contributed by atoms with van der Waals surface area (Å²) in [6, 6.07) is 3.14. The number of fused-ring (bicyclic) bond motifs is 2. The lowest BCUT2D eigenvalue weighted by Crippen LogP contribution is -2.65. The summed E-state index contributed by atoms with van der Waals surface area (Å²) in [5, 5.41) is 0. The molecule has 8 atom stereocenters. The average molecular weight is 334 g/mol. The minimum atomic E-state index is 0.407. The molecule has 1 saturated heterocycles. The summed E-state index contributed by atoms with van der Waals surface area (Å²) >= 11 is 0. The standard InChI is InChI=1S/C21H39N3/c1-13-8-15-10-16-9-14(2)19(23)12-21(16)24(20(15)11-18(13)22)17-6-4-3-5-7-17/h13-21H,3-12,22-23H2,1-2H3. The maximum Gasteiger partial charge on any atom is 0.0145 e. The normalized spacial score (nSPS) is 51.0. The van der Waals surface area contributed by atoms with Gasteiger partial charge in [0.2, 0.25) is 0 Å². The fourth-order valence-electron chi connectivity index (χ4n) is 6.82. The van der Waals surface area contributed by atoms with Gasteiger partial charge in [-0.2, -0.15) is 0 Å². The van der Waals surface area contributed by atoms with Crippen LogP contribution in [0.3, 0.4) is 0 Å². The predicted octanol–water partition coefficient (Wildman–Crippen LogP) is 3.51. The van der Waals surface area contributed by atoms with E-state index < -0.39 is 0 Å². The molecule has 0 amide bonds. The fourth-order valence-corrected chi connectivity index (χ4v) is 6.82. The Kier molecular flexibility index (Phi) is 4.96. The van der Waals surface area contributed by atoms with Crippen LogP contribution in [0.4, 0.5) is 0 Å². The molecule has 1 heterocycles. The Morgan fingerprint density at radius 3 is 1.67 bits per heavy atom. The summed E-state index contributed by atoms with van der Waals surface area (Å²) in [5.74, 6) is 3.20. The van der Waals surface area contributed by atoms with Gasteiger partial charge in [-0.3, -0.25) is 4.90 Å². The van der Waals surface area contributed by atoms with E-state index >= 15 is 0 Å². The van der Waals surface area contributed by atoms with Crippen molar-refractivity contribution in [2.24, 2.45) is 35.1 Å². The van der Waals surface area contributed by atoms with Gasteiger partial charge in [0.1, 0.15) is 0 Å². The molecule has 24 heavy (non-hydrogen) atoms. The van der Waals surface area contributed by atoms with Crippen LogP contribution in [0.5, 0.6) is 0 Å². The lowest BCUT2D eigenvalue weighted by molar-refractivity contribution is -0.0907. The third-order valence-corrected chi connectivity index (χ3v) is 8.29. The molecule has 0 radical (unpaired) electrons. The second kappa shape index (κ2) is 6.89. The van der Waals surface area contributed by atoms with Crippen molar-refractivity contribution in [3.8, 4) is 0 Å². The summed E-state index contributed by atoms with van der Waals surface area (Å²) in [6.07, 6.45) is 13.8. The van der Waals surface area contributed by atoms with Gasteiger partial charge in [-0.25, -0.2) is 0 Å². The van der Waals surface area contributed by atoms with E-state index in [1.807, 2.05) is 0 Å². The number of rotatable bonds is 1. The van der Waals surface area contributed by atoms with Crippen molar-refractivity contribution in [1.29, 1.82) is 0 Å². The molecule has 3 nitrogen and oxygen atoms in total. The molecule has 4 N–H and O–H groups in total. The van der Waals surface area contributed by atoms with Gasteiger partial charge in [0.15, 0.2) is 0 Å². The number of piperidine rings is 1. The zero-order valence-corrected chi connectivity index (χ0v) is 15.9. The van der Waals surface area contributed by atoms with E-state index in [-0.39, 0.29) is 0 Å². The molecule has 0 bridgehead atoms. The van der Waals surface area contributed by atoms with Crippen LogP contribution in [0.15, 0.2) is 0 Å². The van der Waals surface area contributed by atoms with E-state index in [0.717, 1.165) is 30.0 Å². The van der Waals surface area contributed by atoms with Crippen LogP contribution in [0.25, 0.3) is 0 Å². The maximum absolute atomic E-state index is 6.54. The molecule has 3 saturated carbocycles. The van der Waals surface area contributed by atoms with E-state index in [0.29, 0.717) is 23.9 Å². The van der Waals surface area contributed by atoms with E-state index in [1.165, 1.54) is 64.2 Å². The zero-order valence-electron chi connectivity index (χ0n) is 15.9. The highest BCUT2D eigenvalue weighted by molar-refractivity contribution is 5.05. The Morgan fingerprint density at radius 2 is 1.17 bits per heavy atom. The second-order valence-corrected chi connectivity index (χ2v) is 9.85. The van der Waals surface area contributed by atoms with Crippen molar-refractivity contribution in [2.45, 2.75) is 108 Å². The van der Waals surface area contributed by atoms with Gasteiger partial charge in [-0.1, -0.05) is 33.1 Å².